The molecule has 4 rings (SSSR count). The number of ether oxygens (including phenoxy) is 2. The molecule has 3 aromatic rings. The maximum Gasteiger partial charge on any atom is 0.573 e. The van der Waals surface area contributed by atoms with Crippen molar-refractivity contribution in [2.75, 3.05) is 19.4 Å². The third-order valence-corrected chi connectivity index (χ3v) is 6.58. The SMILES string of the molecule is COC(=O)NC(C(=O)N1CCCC1c1ncc(-c2ccc(-c3ccc(N)cc3OC(F)(F)F)cc2)[nH]1)C(C)C. The van der Waals surface area contributed by atoms with Crippen LogP contribution in [0.15, 0.2) is 48.7 Å². The first-order valence-corrected chi connectivity index (χ1v) is 12.4. The molecule has 2 atom stereocenters. The number of anilines is 1. The highest BCUT2D eigenvalue weighted by Crippen LogP contribution is 2.37. The molecule has 0 spiro atoms. The summed E-state index contributed by atoms with van der Waals surface area (Å²) in [7, 11) is 1.25. The molecule has 0 radical (unpaired) electrons. The molecular weight excluding hydrogens is 515 g/mol. The lowest BCUT2D eigenvalue weighted by Gasteiger charge is -2.30. The van der Waals surface area contributed by atoms with Gasteiger partial charge in [-0.05, 0) is 42.0 Å². The molecule has 208 valence electrons. The predicted octanol–water partition coefficient (Wildman–Crippen LogP) is 5.27. The van der Waals surface area contributed by atoms with Crippen molar-refractivity contribution in [2.24, 2.45) is 5.92 Å². The normalized spacial score (nSPS) is 16.3. The Hall–Kier alpha value is -4.22. The summed E-state index contributed by atoms with van der Waals surface area (Å²) in [6.07, 6.45) is -2.38. The number of nitrogens with two attached hydrogens (primary N) is 1. The Kier molecular flexibility index (Phi) is 8.03. The summed E-state index contributed by atoms with van der Waals surface area (Å²) in [4.78, 5) is 34.6. The molecule has 1 aliphatic rings. The fourth-order valence-electron chi connectivity index (χ4n) is 4.66. The van der Waals surface area contributed by atoms with E-state index >= 15 is 0 Å². The van der Waals surface area contributed by atoms with Crippen LogP contribution in [0.2, 0.25) is 0 Å². The number of amides is 2. The summed E-state index contributed by atoms with van der Waals surface area (Å²) in [5.74, 6) is -0.126. The number of halogens is 3. The van der Waals surface area contributed by atoms with Crippen molar-refractivity contribution in [1.29, 1.82) is 0 Å². The first-order valence-electron chi connectivity index (χ1n) is 12.4. The summed E-state index contributed by atoms with van der Waals surface area (Å²) in [6, 6.07) is 9.97. The van der Waals surface area contributed by atoms with Gasteiger partial charge in [-0.15, -0.1) is 13.2 Å². The van der Waals surface area contributed by atoms with Crippen LogP contribution in [-0.4, -0.2) is 52.9 Å². The monoisotopic (exact) mass is 545 g/mol. The average Bonchev–Trinajstić information content (AvgIpc) is 3.56. The van der Waals surface area contributed by atoms with E-state index in [0.717, 1.165) is 18.1 Å². The van der Waals surface area contributed by atoms with Crippen molar-refractivity contribution in [3.05, 3.63) is 54.5 Å². The van der Waals surface area contributed by atoms with Crippen molar-refractivity contribution in [1.82, 2.24) is 20.2 Å². The number of carbonyl (C=O) groups is 2. The average molecular weight is 546 g/mol. The number of aromatic amines is 1. The van der Waals surface area contributed by atoms with Crippen molar-refractivity contribution in [3.63, 3.8) is 0 Å². The molecule has 1 aromatic heterocycles. The molecule has 0 bridgehead atoms. The van der Waals surface area contributed by atoms with Gasteiger partial charge in [0.25, 0.3) is 0 Å². The lowest BCUT2D eigenvalue weighted by atomic mass is 10.0. The zero-order valence-electron chi connectivity index (χ0n) is 21.7. The number of benzene rings is 2. The van der Waals surface area contributed by atoms with Crippen LogP contribution >= 0.6 is 0 Å². The summed E-state index contributed by atoms with van der Waals surface area (Å²) >= 11 is 0. The van der Waals surface area contributed by atoms with Crippen LogP contribution in [0.1, 0.15) is 38.6 Å². The molecule has 39 heavy (non-hydrogen) atoms. The van der Waals surface area contributed by atoms with E-state index in [9.17, 15) is 22.8 Å². The van der Waals surface area contributed by atoms with Gasteiger partial charge in [0.15, 0.2) is 0 Å². The van der Waals surface area contributed by atoms with E-state index in [1.807, 2.05) is 13.8 Å². The van der Waals surface area contributed by atoms with Crippen LogP contribution in [0.4, 0.5) is 23.7 Å². The van der Waals surface area contributed by atoms with Crippen molar-refractivity contribution in [2.45, 2.75) is 45.1 Å². The van der Waals surface area contributed by atoms with Gasteiger partial charge in [-0.1, -0.05) is 38.1 Å². The molecule has 4 N–H and O–H groups in total. The number of nitrogens with one attached hydrogen (secondary N) is 2. The topological polar surface area (TPSA) is 123 Å². The summed E-state index contributed by atoms with van der Waals surface area (Å²) < 4.78 is 47.5. The Labute approximate surface area is 223 Å². The fourth-order valence-corrected chi connectivity index (χ4v) is 4.66. The van der Waals surface area contributed by atoms with E-state index in [0.29, 0.717) is 30.0 Å². The van der Waals surface area contributed by atoms with Crippen LogP contribution in [0, 0.1) is 5.92 Å². The van der Waals surface area contributed by atoms with Gasteiger partial charge in [-0.3, -0.25) is 4.79 Å². The zero-order valence-corrected chi connectivity index (χ0v) is 21.7. The van der Waals surface area contributed by atoms with Gasteiger partial charge < -0.3 is 30.4 Å². The predicted molar refractivity (Wildman–Crippen MR) is 138 cm³/mol. The largest absolute Gasteiger partial charge is 0.573 e. The van der Waals surface area contributed by atoms with Gasteiger partial charge in [0, 0.05) is 23.9 Å². The number of rotatable bonds is 7. The number of hydrogen-bond donors (Lipinski definition) is 3. The minimum absolute atomic E-state index is 0.147. The first-order chi connectivity index (χ1) is 18.5. The second-order valence-electron chi connectivity index (χ2n) is 9.61. The van der Waals surface area contributed by atoms with Gasteiger partial charge in [-0.25, -0.2) is 9.78 Å². The Bertz CT molecular complexity index is 1320. The standard InChI is InChI=1S/C27H30F3N5O4/c1-15(2)23(34-26(37)38-3)25(36)35-12-4-5-21(35)24-32-14-20(33-24)17-8-6-16(7-9-17)19-11-10-18(31)13-22(19)39-27(28,29)30/h6-11,13-15,21,23H,4-5,12,31H2,1-3H3,(H,32,33)(H,34,37). The lowest BCUT2D eigenvalue weighted by molar-refractivity contribution is -0.274. The number of aromatic nitrogens is 2. The number of imidazole rings is 1. The third-order valence-electron chi connectivity index (χ3n) is 6.58. The van der Waals surface area contributed by atoms with E-state index in [4.69, 9.17) is 5.73 Å². The number of methoxy groups -OCH3 is 1. The maximum absolute atomic E-state index is 13.3. The Morgan fingerprint density at radius 1 is 1.15 bits per heavy atom. The van der Waals surface area contributed by atoms with Gasteiger partial charge in [0.05, 0.1) is 25.0 Å². The molecule has 2 amide bonds. The highest BCUT2D eigenvalue weighted by Gasteiger charge is 2.37. The molecule has 12 heteroatoms. The molecular formula is C27H30F3N5O4. The van der Waals surface area contributed by atoms with E-state index in [1.165, 1.54) is 19.2 Å². The fraction of sp³-hybridized carbons (Fsp3) is 0.370. The highest BCUT2D eigenvalue weighted by molar-refractivity contribution is 5.86. The molecule has 2 heterocycles. The summed E-state index contributed by atoms with van der Waals surface area (Å²) in [5.41, 5.74) is 8.02. The van der Waals surface area contributed by atoms with E-state index in [-0.39, 0.29) is 34.9 Å². The van der Waals surface area contributed by atoms with Gasteiger partial charge in [-0.2, -0.15) is 0 Å². The quantitative estimate of drug-likeness (QED) is 0.348. The van der Waals surface area contributed by atoms with E-state index < -0.39 is 18.5 Å². The Morgan fingerprint density at radius 2 is 1.85 bits per heavy atom. The van der Waals surface area contributed by atoms with Crippen molar-refractivity contribution >= 4 is 17.7 Å². The van der Waals surface area contributed by atoms with Crippen molar-refractivity contribution in [3.8, 4) is 28.1 Å². The molecule has 1 saturated heterocycles. The Balaban J connectivity index is 1.54. The van der Waals surface area contributed by atoms with Crippen LogP contribution < -0.4 is 15.8 Å². The zero-order chi connectivity index (χ0) is 28.3. The second-order valence-corrected chi connectivity index (χ2v) is 9.61. The number of alkyl halides is 3. The first kappa shape index (κ1) is 27.8. The van der Waals surface area contributed by atoms with Crippen LogP contribution in [-0.2, 0) is 9.53 Å². The number of nitrogen functional groups attached to an aromatic ring is 1. The van der Waals surface area contributed by atoms with Crippen LogP contribution in [0.5, 0.6) is 5.75 Å². The number of nitrogens with zero attached hydrogens (tertiary/aromatic N) is 2. The molecule has 0 saturated carbocycles. The lowest BCUT2D eigenvalue weighted by Crippen LogP contribution is -2.51. The molecule has 2 unspecified atom stereocenters. The minimum Gasteiger partial charge on any atom is -0.453 e. The van der Waals surface area contributed by atoms with Crippen molar-refractivity contribution < 1.29 is 32.2 Å². The van der Waals surface area contributed by atoms with Gasteiger partial charge >= 0.3 is 12.5 Å². The Morgan fingerprint density at radius 3 is 2.49 bits per heavy atom. The third kappa shape index (κ3) is 6.44. The molecule has 1 fully saturated rings. The number of likely N-dealkylation sites (tertiary alicyclic amines) is 1. The smallest absolute Gasteiger partial charge is 0.453 e. The molecule has 0 aliphatic carbocycles. The number of H-pyrrole nitrogens is 1. The summed E-state index contributed by atoms with van der Waals surface area (Å²) in [5, 5.41) is 2.62. The second kappa shape index (κ2) is 11.3. The van der Waals surface area contributed by atoms with Crippen LogP contribution in [0.3, 0.4) is 0 Å². The van der Waals surface area contributed by atoms with E-state index in [2.05, 4.69) is 24.8 Å². The maximum atomic E-state index is 13.3. The number of carbonyl (C=O) groups excluding carboxylic acids is 2. The van der Waals surface area contributed by atoms with Crippen LogP contribution in [0.25, 0.3) is 22.4 Å². The number of hydrogen-bond acceptors (Lipinski definition) is 6. The molecule has 1 aliphatic heterocycles. The van der Waals surface area contributed by atoms with Gasteiger partial charge in [0.1, 0.15) is 17.6 Å². The van der Waals surface area contributed by atoms with Gasteiger partial charge in [0.2, 0.25) is 5.91 Å². The molecule has 2 aromatic carbocycles. The number of alkyl carbamates (subject to hydrolysis) is 1. The highest BCUT2D eigenvalue weighted by atomic mass is 19.4. The summed E-state index contributed by atoms with van der Waals surface area (Å²) in [6.45, 7) is 4.23. The molecule has 9 nitrogen and oxygen atoms in total. The minimum atomic E-state index is -4.85. The van der Waals surface area contributed by atoms with E-state index in [1.54, 1.807) is 35.4 Å².